The summed E-state index contributed by atoms with van der Waals surface area (Å²) in [4.78, 5) is 10.7. The second-order valence-corrected chi connectivity index (χ2v) is 4.30. The average molecular weight is 221 g/mol. The first-order chi connectivity index (χ1) is 7.24. The molecule has 0 aliphatic carbocycles. The summed E-state index contributed by atoms with van der Waals surface area (Å²) in [5.41, 5.74) is 7.87. The molecule has 0 fully saturated rings. The van der Waals surface area contributed by atoms with Crippen molar-refractivity contribution in [1.82, 2.24) is 0 Å². The lowest BCUT2D eigenvalue weighted by atomic mass is 10.1. The number of carbonyl (C=O) groups excluding carboxylic acids is 1. The van der Waals surface area contributed by atoms with Gasteiger partial charge in [0.15, 0.2) is 5.12 Å². The molecule has 0 radical (unpaired) electrons. The van der Waals surface area contributed by atoms with Crippen molar-refractivity contribution in [2.45, 2.75) is 13.5 Å². The Kier molecular flexibility index (Phi) is 5.15. The number of carbonyl (C=O) groups is 1. The Labute approximate surface area is 94.6 Å². The summed E-state index contributed by atoms with van der Waals surface area (Å²) in [5.74, 6) is 0.717. The van der Waals surface area contributed by atoms with Crippen molar-refractivity contribution < 1.29 is 4.79 Å². The van der Waals surface area contributed by atoms with E-state index < -0.39 is 0 Å². The Morgan fingerprint density at radius 1 is 1.47 bits per heavy atom. The van der Waals surface area contributed by atoms with Gasteiger partial charge < -0.3 is 5.73 Å². The molecule has 1 rings (SSSR count). The number of nitrogens with two attached hydrogens (primary N) is 1. The van der Waals surface area contributed by atoms with Gasteiger partial charge in [-0.15, -0.1) is 0 Å². The second-order valence-electron chi connectivity index (χ2n) is 3.11. The summed E-state index contributed by atoms with van der Waals surface area (Å²) < 4.78 is 0. The smallest absolute Gasteiger partial charge is 0.186 e. The molecule has 0 bridgehead atoms. The number of benzene rings is 1. The van der Waals surface area contributed by atoms with E-state index in [9.17, 15) is 4.79 Å². The molecule has 1 aromatic carbocycles. The Hall–Kier alpha value is -1.06. The molecule has 0 atom stereocenters. The molecule has 0 saturated heterocycles. The maximum atomic E-state index is 10.7. The molecular formula is C12H15NOS. The van der Waals surface area contributed by atoms with Crippen LogP contribution in [0.5, 0.6) is 0 Å². The quantitative estimate of drug-likeness (QED) is 0.849. The fraction of sp³-hybridized carbons (Fsp3) is 0.250. The van der Waals surface area contributed by atoms with E-state index in [4.69, 9.17) is 5.73 Å². The van der Waals surface area contributed by atoms with Gasteiger partial charge in [-0.2, -0.15) is 0 Å². The van der Waals surface area contributed by atoms with Crippen molar-refractivity contribution in [3.63, 3.8) is 0 Å². The van der Waals surface area contributed by atoms with Crippen LogP contribution in [0, 0.1) is 0 Å². The normalized spacial score (nSPS) is 10.8. The topological polar surface area (TPSA) is 43.1 Å². The van der Waals surface area contributed by atoms with E-state index in [1.165, 1.54) is 11.8 Å². The molecule has 1 aromatic rings. The molecule has 2 N–H and O–H groups in total. The van der Waals surface area contributed by atoms with Gasteiger partial charge in [0.1, 0.15) is 0 Å². The maximum absolute atomic E-state index is 10.7. The van der Waals surface area contributed by atoms with Crippen molar-refractivity contribution in [3.8, 4) is 0 Å². The third-order valence-corrected chi connectivity index (χ3v) is 2.72. The van der Waals surface area contributed by atoms with Gasteiger partial charge in [0.2, 0.25) is 0 Å². The molecule has 0 aliphatic rings. The van der Waals surface area contributed by atoms with E-state index in [1.54, 1.807) is 6.92 Å². The Balaban J connectivity index is 2.59. The Bertz CT molecular complexity index is 360. The highest BCUT2D eigenvalue weighted by Gasteiger charge is 1.95. The van der Waals surface area contributed by atoms with Crippen LogP contribution in [0.3, 0.4) is 0 Å². The van der Waals surface area contributed by atoms with Crippen molar-refractivity contribution >= 4 is 23.0 Å². The Morgan fingerprint density at radius 3 is 2.87 bits per heavy atom. The highest BCUT2D eigenvalue weighted by molar-refractivity contribution is 8.13. The molecule has 0 amide bonds. The van der Waals surface area contributed by atoms with E-state index in [1.807, 2.05) is 36.4 Å². The molecule has 80 valence electrons. The van der Waals surface area contributed by atoms with Crippen molar-refractivity contribution in [1.29, 1.82) is 0 Å². The lowest BCUT2D eigenvalue weighted by Gasteiger charge is -2.01. The van der Waals surface area contributed by atoms with Crippen LogP contribution in [0.2, 0.25) is 0 Å². The maximum Gasteiger partial charge on any atom is 0.186 e. The van der Waals surface area contributed by atoms with Crippen LogP contribution in [0.15, 0.2) is 30.3 Å². The van der Waals surface area contributed by atoms with Gasteiger partial charge in [-0.3, -0.25) is 4.79 Å². The monoisotopic (exact) mass is 221 g/mol. The first kappa shape index (κ1) is 12.0. The average Bonchev–Trinajstić information content (AvgIpc) is 2.24. The van der Waals surface area contributed by atoms with Crippen molar-refractivity contribution in [2.24, 2.45) is 5.73 Å². The van der Waals surface area contributed by atoms with Crippen LogP contribution < -0.4 is 5.73 Å². The van der Waals surface area contributed by atoms with Gasteiger partial charge in [-0.25, -0.2) is 0 Å². The molecule has 15 heavy (non-hydrogen) atoms. The van der Waals surface area contributed by atoms with Crippen LogP contribution in [0.1, 0.15) is 18.1 Å². The largest absolute Gasteiger partial charge is 0.326 e. The van der Waals surface area contributed by atoms with Crippen LogP contribution in [-0.2, 0) is 11.3 Å². The van der Waals surface area contributed by atoms with E-state index >= 15 is 0 Å². The van der Waals surface area contributed by atoms with E-state index in [-0.39, 0.29) is 5.12 Å². The summed E-state index contributed by atoms with van der Waals surface area (Å²) >= 11 is 1.31. The van der Waals surface area contributed by atoms with Crippen molar-refractivity contribution in [3.05, 3.63) is 41.5 Å². The van der Waals surface area contributed by atoms with Gasteiger partial charge in [-0.1, -0.05) is 48.2 Å². The van der Waals surface area contributed by atoms with Gasteiger partial charge in [0.05, 0.1) is 0 Å². The molecule has 0 aliphatic heterocycles. The standard InChI is InChI=1S/C12H15NOS/c1-10(14)15-8-4-7-11-5-2-3-6-12(11)9-13/h2-7H,8-9,13H2,1H3. The second kappa shape index (κ2) is 6.43. The minimum Gasteiger partial charge on any atom is -0.326 e. The van der Waals surface area contributed by atoms with Gasteiger partial charge >= 0.3 is 0 Å². The summed E-state index contributed by atoms with van der Waals surface area (Å²) in [6, 6.07) is 8.00. The fourth-order valence-electron chi connectivity index (χ4n) is 1.22. The summed E-state index contributed by atoms with van der Waals surface area (Å²) in [6.45, 7) is 2.12. The predicted molar refractivity (Wildman–Crippen MR) is 66.5 cm³/mol. The van der Waals surface area contributed by atoms with Crippen LogP contribution in [-0.4, -0.2) is 10.9 Å². The van der Waals surface area contributed by atoms with Gasteiger partial charge in [-0.05, 0) is 11.1 Å². The van der Waals surface area contributed by atoms with Crippen LogP contribution in [0.4, 0.5) is 0 Å². The number of rotatable bonds is 4. The van der Waals surface area contributed by atoms with Crippen LogP contribution >= 0.6 is 11.8 Å². The third-order valence-electron chi connectivity index (χ3n) is 1.96. The third kappa shape index (κ3) is 4.32. The molecular weight excluding hydrogens is 206 g/mol. The van der Waals surface area contributed by atoms with Gasteiger partial charge in [0, 0.05) is 19.2 Å². The fourth-order valence-corrected chi connectivity index (χ4v) is 1.65. The molecule has 0 saturated carbocycles. The first-order valence-electron chi connectivity index (χ1n) is 4.82. The van der Waals surface area contributed by atoms with E-state index in [0.717, 1.165) is 11.1 Å². The Morgan fingerprint density at radius 2 is 2.20 bits per heavy atom. The lowest BCUT2D eigenvalue weighted by Crippen LogP contribution is -1.98. The lowest BCUT2D eigenvalue weighted by molar-refractivity contribution is -0.109. The molecule has 0 heterocycles. The van der Waals surface area contributed by atoms with E-state index in [0.29, 0.717) is 12.3 Å². The SMILES string of the molecule is CC(=O)SCC=Cc1ccccc1CN. The molecule has 3 heteroatoms. The van der Waals surface area contributed by atoms with E-state index in [2.05, 4.69) is 0 Å². The molecule has 0 spiro atoms. The zero-order valence-electron chi connectivity index (χ0n) is 8.77. The molecule has 0 unspecified atom stereocenters. The molecule has 0 aromatic heterocycles. The zero-order valence-corrected chi connectivity index (χ0v) is 9.59. The predicted octanol–water partition coefficient (Wildman–Crippen LogP) is 2.44. The summed E-state index contributed by atoms with van der Waals surface area (Å²) in [5, 5.41) is 0.145. The van der Waals surface area contributed by atoms with Crippen molar-refractivity contribution in [2.75, 3.05) is 5.75 Å². The minimum absolute atomic E-state index is 0.145. The number of hydrogen-bond donors (Lipinski definition) is 1. The van der Waals surface area contributed by atoms with Gasteiger partial charge in [0.25, 0.3) is 0 Å². The van der Waals surface area contributed by atoms with Crippen LogP contribution in [0.25, 0.3) is 6.08 Å². The number of hydrogen-bond acceptors (Lipinski definition) is 3. The molecule has 2 nitrogen and oxygen atoms in total. The highest BCUT2D eigenvalue weighted by Crippen LogP contribution is 2.11. The first-order valence-corrected chi connectivity index (χ1v) is 5.80. The zero-order chi connectivity index (χ0) is 11.1. The highest BCUT2D eigenvalue weighted by atomic mass is 32.2. The number of thioether (sulfide) groups is 1. The summed E-state index contributed by atoms with van der Waals surface area (Å²) in [7, 11) is 0. The minimum atomic E-state index is 0.145. The summed E-state index contributed by atoms with van der Waals surface area (Å²) in [6.07, 6.45) is 4.00.